The van der Waals surface area contributed by atoms with Gasteiger partial charge in [0.25, 0.3) is 0 Å². The molecule has 13 heavy (non-hydrogen) atoms. The number of rotatable bonds is 5. The molecule has 76 valence electrons. The fourth-order valence-corrected chi connectivity index (χ4v) is 1.39. The van der Waals surface area contributed by atoms with Crippen LogP contribution in [0, 0.1) is 0 Å². The predicted molar refractivity (Wildman–Crippen MR) is 46.4 cm³/mol. The first kappa shape index (κ1) is 10.6. The minimum atomic E-state index is -0.434. The fraction of sp³-hybridized carbons (Fsp3) is 0.889. The molecule has 1 heterocycles. The molecule has 1 atom stereocenters. The monoisotopic (exact) mass is 188 g/mol. The summed E-state index contributed by atoms with van der Waals surface area (Å²) >= 11 is 0. The molecule has 0 bridgehead atoms. The maximum absolute atomic E-state index is 11.5. The number of hydrogen-bond donors (Lipinski definition) is 0. The van der Waals surface area contributed by atoms with E-state index in [0.717, 1.165) is 12.8 Å². The lowest BCUT2D eigenvalue weighted by Crippen LogP contribution is -2.26. The summed E-state index contributed by atoms with van der Waals surface area (Å²) in [6.07, 6.45) is 1.42. The molecular formula is C9H16O4. The van der Waals surface area contributed by atoms with Crippen molar-refractivity contribution in [1.82, 2.24) is 0 Å². The highest BCUT2D eigenvalue weighted by Crippen LogP contribution is 2.15. The molecule has 1 fully saturated rings. The van der Waals surface area contributed by atoms with Gasteiger partial charge in [-0.25, -0.2) is 0 Å². The van der Waals surface area contributed by atoms with E-state index < -0.39 is 6.29 Å². The molecule has 0 aromatic heterocycles. The molecule has 1 aliphatic rings. The topological polar surface area (TPSA) is 44.8 Å². The number of carbonyl (C=O) groups is 1. The SMILES string of the molecule is COC(CC(=O)C1CCCO1)OC. The Morgan fingerprint density at radius 1 is 1.54 bits per heavy atom. The molecule has 0 N–H and O–H groups in total. The zero-order chi connectivity index (χ0) is 9.68. The Morgan fingerprint density at radius 3 is 2.69 bits per heavy atom. The Hall–Kier alpha value is -0.450. The normalized spacial score (nSPS) is 22.5. The average Bonchev–Trinajstić information content (AvgIpc) is 2.66. The average molecular weight is 188 g/mol. The molecule has 1 aliphatic heterocycles. The van der Waals surface area contributed by atoms with E-state index in [1.807, 2.05) is 0 Å². The van der Waals surface area contributed by atoms with E-state index in [1.54, 1.807) is 0 Å². The summed E-state index contributed by atoms with van der Waals surface area (Å²) in [5.41, 5.74) is 0. The maximum Gasteiger partial charge on any atom is 0.166 e. The lowest BCUT2D eigenvalue weighted by Gasteiger charge is -2.14. The molecule has 1 saturated heterocycles. The van der Waals surface area contributed by atoms with Gasteiger partial charge in [-0.05, 0) is 12.8 Å². The zero-order valence-corrected chi connectivity index (χ0v) is 8.12. The van der Waals surface area contributed by atoms with Crippen LogP contribution in [-0.4, -0.2) is 39.0 Å². The maximum atomic E-state index is 11.5. The second kappa shape index (κ2) is 5.32. The van der Waals surface area contributed by atoms with Crippen molar-refractivity contribution >= 4 is 5.78 Å². The second-order valence-corrected chi connectivity index (χ2v) is 3.07. The van der Waals surface area contributed by atoms with E-state index >= 15 is 0 Å². The van der Waals surface area contributed by atoms with Gasteiger partial charge in [-0.15, -0.1) is 0 Å². The summed E-state index contributed by atoms with van der Waals surface area (Å²) < 4.78 is 15.1. The summed E-state index contributed by atoms with van der Waals surface area (Å²) in [7, 11) is 3.05. The minimum Gasteiger partial charge on any atom is -0.370 e. The van der Waals surface area contributed by atoms with Gasteiger partial charge in [-0.1, -0.05) is 0 Å². The standard InChI is InChI=1S/C9H16O4/c1-11-9(12-2)6-7(10)8-4-3-5-13-8/h8-9H,3-6H2,1-2H3. The smallest absolute Gasteiger partial charge is 0.166 e. The Balaban J connectivity index is 2.30. The van der Waals surface area contributed by atoms with E-state index in [-0.39, 0.29) is 18.3 Å². The first-order valence-electron chi connectivity index (χ1n) is 4.48. The van der Waals surface area contributed by atoms with Crippen LogP contribution in [0.5, 0.6) is 0 Å². The van der Waals surface area contributed by atoms with E-state index in [2.05, 4.69) is 0 Å². The number of methoxy groups -OCH3 is 2. The fourth-order valence-electron chi connectivity index (χ4n) is 1.39. The van der Waals surface area contributed by atoms with E-state index in [1.165, 1.54) is 14.2 Å². The number of carbonyl (C=O) groups excluding carboxylic acids is 1. The van der Waals surface area contributed by atoms with Crippen LogP contribution in [0.15, 0.2) is 0 Å². The van der Waals surface area contributed by atoms with Gasteiger partial charge in [-0.3, -0.25) is 4.79 Å². The lowest BCUT2D eigenvalue weighted by molar-refractivity contribution is -0.144. The van der Waals surface area contributed by atoms with Crippen molar-refractivity contribution in [3.05, 3.63) is 0 Å². The molecule has 0 spiro atoms. The summed E-state index contributed by atoms with van der Waals surface area (Å²) in [6, 6.07) is 0. The first-order chi connectivity index (χ1) is 6.27. The molecule has 1 unspecified atom stereocenters. The first-order valence-corrected chi connectivity index (χ1v) is 4.48. The molecule has 1 rings (SSSR count). The van der Waals surface area contributed by atoms with Crippen LogP contribution < -0.4 is 0 Å². The van der Waals surface area contributed by atoms with Crippen LogP contribution in [0.2, 0.25) is 0 Å². The van der Waals surface area contributed by atoms with Gasteiger partial charge >= 0.3 is 0 Å². The molecule has 0 aliphatic carbocycles. The number of ether oxygens (including phenoxy) is 3. The molecule has 4 heteroatoms. The molecule has 4 nitrogen and oxygen atoms in total. The van der Waals surface area contributed by atoms with Gasteiger partial charge in [-0.2, -0.15) is 0 Å². The second-order valence-electron chi connectivity index (χ2n) is 3.07. The molecular weight excluding hydrogens is 172 g/mol. The third kappa shape index (κ3) is 3.06. The van der Waals surface area contributed by atoms with Crippen LogP contribution in [0.1, 0.15) is 19.3 Å². The molecule has 0 aromatic carbocycles. The van der Waals surface area contributed by atoms with Gasteiger partial charge in [0.1, 0.15) is 6.10 Å². The summed E-state index contributed by atoms with van der Waals surface area (Å²) in [4.78, 5) is 11.5. The minimum absolute atomic E-state index is 0.0752. The van der Waals surface area contributed by atoms with Gasteiger partial charge in [0.15, 0.2) is 12.1 Å². The molecule has 0 radical (unpaired) electrons. The van der Waals surface area contributed by atoms with E-state index in [4.69, 9.17) is 14.2 Å². The van der Waals surface area contributed by atoms with Gasteiger partial charge < -0.3 is 14.2 Å². The highest BCUT2D eigenvalue weighted by atomic mass is 16.7. The van der Waals surface area contributed by atoms with Crippen molar-refractivity contribution in [2.75, 3.05) is 20.8 Å². The van der Waals surface area contributed by atoms with Crippen LogP contribution in [0.3, 0.4) is 0 Å². The molecule has 0 aromatic rings. The van der Waals surface area contributed by atoms with Crippen molar-refractivity contribution in [2.24, 2.45) is 0 Å². The Bertz CT molecular complexity index is 159. The van der Waals surface area contributed by atoms with E-state index in [9.17, 15) is 4.79 Å². The summed E-state index contributed by atoms with van der Waals surface area (Å²) in [5.74, 6) is 0.0752. The zero-order valence-electron chi connectivity index (χ0n) is 8.12. The Morgan fingerprint density at radius 2 is 2.23 bits per heavy atom. The van der Waals surface area contributed by atoms with Crippen LogP contribution in [0.4, 0.5) is 0 Å². The summed E-state index contributed by atoms with van der Waals surface area (Å²) in [5, 5.41) is 0. The summed E-state index contributed by atoms with van der Waals surface area (Å²) in [6.45, 7) is 0.695. The lowest BCUT2D eigenvalue weighted by atomic mass is 10.1. The van der Waals surface area contributed by atoms with Crippen LogP contribution in [0.25, 0.3) is 0 Å². The quantitative estimate of drug-likeness (QED) is 0.597. The third-order valence-electron chi connectivity index (χ3n) is 2.18. The Kier molecular flexibility index (Phi) is 4.35. The van der Waals surface area contributed by atoms with Gasteiger partial charge in [0, 0.05) is 20.8 Å². The van der Waals surface area contributed by atoms with Crippen molar-refractivity contribution in [3.63, 3.8) is 0 Å². The van der Waals surface area contributed by atoms with Crippen LogP contribution in [-0.2, 0) is 19.0 Å². The van der Waals surface area contributed by atoms with Crippen molar-refractivity contribution < 1.29 is 19.0 Å². The number of hydrogen-bond acceptors (Lipinski definition) is 4. The highest BCUT2D eigenvalue weighted by molar-refractivity contribution is 5.83. The van der Waals surface area contributed by atoms with Crippen molar-refractivity contribution in [1.29, 1.82) is 0 Å². The third-order valence-corrected chi connectivity index (χ3v) is 2.18. The molecule has 0 saturated carbocycles. The van der Waals surface area contributed by atoms with Crippen molar-refractivity contribution in [3.8, 4) is 0 Å². The Labute approximate surface area is 78.2 Å². The van der Waals surface area contributed by atoms with Crippen LogP contribution >= 0.6 is 0 Å². The highest BCUT2D eigenvalue weighted by Gasteiger charge is 2.25. The number of ketones is 1. The van der Waals surface area contributed by atoms with Gasteiger partial charge in [0.2, 0.25) is 0 Å². The van der Waals surface area contributed by atoms with Crippen molar-refractivity contribution in [2.45, 2.75) is 31.7 Å². The van der Waals surface area contributed by atoms with E-state index in [0.29, 0.717) is 6.61 Å². The number of Topliss-reactive ketones (excluding diaryl/α,β-unsaturated/α-hetero) is 1. The molecule has 0 amide bonds. The predicted octanol–water partition coefficient (Wildman–Crippen LogP) is 0.743. The van der Waals surface area contributed by atoms with Gasteiger partial charge in [0.05, 0.1) is 6.42 Å². The largest absolute Gasteiger partial charge is 0.370 e.